The van der Waals surface area contributed by atoms with Gasteiger partial charge in [-0.25, -0.2) is 19.3 Å². The molecule has 5 aromatic rings. The number of hydrogen-bond donors (Lipinski definition) is 1. The van der Waals surface area contributed by atoms with Crippen LogP contribution in [-0.2, 0) is 0 Å². The molecule has 0 radical (unpaired) electrons. The average molecular weight is 443 g/mol. The van der Waals surface area contributed by atoms with E-state index in [9.17, 15) is 0 Å². The number of aromatic amines is 1. The Kier molecular flexibility index (Phi) is 4.39. The van der Waals surface area contributed by atoms with Crippen molar-refractivity contribution in [3.63, 3.8) is 0 Å². The molecule has 0 saturated heterocycles. The number of aromatic nitrogens is 8. The van der Waals surface area contributed by atoms with E-state index in [0.29, 0.717) is 40.0 Å². The van der Waals surface area contributed by atoms with E-state index in [1.54, 1.807) is 18.7 Å². The van der Waals surface area contributed by atoms with Gasteiger partial charge < -0.3 is 14.1 Å². The van der Waals surface area contributed by atoms with Gasteiger partial charge in [0.2, 0.25) is 0 Å². The molecule has 4 aromatic heterocycles. The second kappa shape index (κ2) is 7.33. The summed E-state index contributed by atoms with van der Waals surface area (Å²) in [5, 5.41) is 8.23. The SMILES string of the molecule is Cc1cc(F)c(-c2nc3ccc(-c4nncn4C(C)C)nc3[nH]2)cc1-n1cnc(C2CC2)c1. The average Bonchev–Trinajstić information content (AvgIpc) is 3.18. The maximum atomic E-state index is 15.0. The van der Waals surface area contributed by atoms with E-state index in [4.69, 9.17) is 0 Å². The number of benzene rings is 1. The van der Waals surface area contributed by atoms with Crippen LogP contribution >= 0.6 is 0 Å². The second-order valence-electron chi connectivity index (χ2n) is 8.90. The molecule has 0 amide bonds. The van der Waals surface area contributed by atoms with Gasteiger partial charge in [-0.3, -0.25) is 0 Å². The Balaban J connectivity index is 1.41. The van der Waals surface area contributed by atoms with E-state index in [2.05, 4.69) is 44.0 Å². The van der Waals surface area contributed by atoms with E-state index in [0.717, 1.165) is 16.9 Å². The lowest BCUT2D eigenvalue weighted by atomic mass is 10.1. The van der Waals surface area contributed by atoms with Crippen LogP contribution in [0.4, 0.5) is 4.39 Å². The Labute approximate surface area is 189 Å². The quantitative estimate of drug-likeness (QED) is 0.415. The first-order chi connectivity index (χ1) is 16.0. The van der Waals surface area contributed by atoms with E-state index in [1.807, 2.05) is 40.5 Å². The first-order valence-corrected chi connectivity index (χ1v) is 11.1. The fourth-order valence-corrected chi connectivity index (χ4v) is 4.13. The second-order valence-corrected chi connectivity index (χ2v) is 8.90. The van der Waals surface area contributed by atoms with Crippen molar-refractivity contribution in [3.05, 3.63) is 60.2 Å². The number of rotatable bonds is 5. The van der Waals surface area contributed by atoms with Gasteiger partial charge in [-0.05, 0) is 63.4 Å². The zero-order chi connectivity index (χ0) is 22.7. The fourth-order valence-electron chi connectivity index (χ4n) is 4.13. The van der Waals surface area contributed by atoms with Gasteiger partial charge in [0, 0.05) is 18.2 Å². The molecule has 0 atom stereocenters. The molecule has 4 heterocycles. The van der Waals surface area contributed by atoms with Gasteiger partial charge in [0.1, 0.15) is 29.2 Å². The first-order valence-electron chi connectivity index (χ1n) is 11.1. The highest BCUT2D eigenvalue weighted by molar-refractivity contribution is 5.79. The largest absolute Gasteiger partial charge is 0.323 e. The number of pyridine rings is 1. The number of fused-ring (bicyclic) bond motifs is 1. The van der Waals surface area contributed by atoms with Crippen molar-refractivity contribution in [2.45, 2.75) is 45.6 Å². The summed E-state index contributed by atoms with van der Waals surface area (Å²) in [4.78, 5) is 17.0. The van der Waals surface area contributed by atoms with Crippen LogP contribution in [-0.4, -0.2) is 39.3 Å². The summed E-state index contributed by atoms with van der Waals surface area (Å²) < 4.78 is 18.9. The summed E-state index contributed by atoms with van der Waals surface area (Å²) in [5.74, 6) is 1.33. The van der Waals surface area contributed by atoms with Crippen LogP contribution < -0.4 is 0 Å². The number of aryl methyl sites for hydroxylation is 1. The van der Waals surface area contributed by atoms with Crippen LogP contribution in [0.1, 0.15) is 49.9 Å². The van der Waals surface area contributed by atoms with Crippen molar-refractivity contribution in [2.24, 2.45) is 0 Å². The summed E-state index contributed by atoms with van der Waals surface area (Å²) in [6.45, 7) is 6.02. The molecule has 1 fully saturated rings. The lowest BCUT2D eigenvalue weighted by molar-refractivity contribution is 0.603. The molecule has 1 aliphatic carbocycles. The molecule has 33 heavy (non-hydrogen) atoms. The lowest BCUT2D eigenvalue weighted by Gasteiger charge is -2.10. The van der Waals surface area contributed by atoms with Crippen molar-refractivity contribution < 1.29 is 4.39 Å². The Morgan fingerprint density at radius 3 is 2.76 bits per heavy atom. The van der Waals surface area contributed by atoms with Crippen LogP contribution in [0.25, 0.3) is 39.8 Å². The third-order valence-electron chi connectivity index (χ3n) is 6.12. The van der Waals surface area contributed by atoms with Gasteiger partial charge in [-0.15, -0.1) is 10.2 Å². The topological polar surface area (TPSA) is 90.1 Å². The zero-order valence-electron chi connectivity index (χ0n) is 18.6. The summed E-state index contributed by atoms with van der Waals surface area (Å²) in [6, 6.07) is 7.28. The molecule has 166 valence electrons. The molecule has 0 aliphatic heterocycles. The molecule has 9 heteroatoms. The highest BCUT2D eigenvalue weighted by atomic mass is 19.1. The van der Waals surface area contributed by atoms with Crippen LogP contribution in [0.5, 0.6) is 0 Å². The van der Waals surface area contributed by atoms with E-state index in [-0.39, 0.29) is 11.9 Å². The predicted octanol–water partition coefficient (Wildman–Crippen LogP) is 4.97. The monoisotopic (exact) mass is 442 g/mol. The molecule has 8 nitrogen and oxygen atoms in total. The van der Waals surface area contributed by atoms with Crippen molar-refractivity contribution in [1.82, 2.24) is 39.3 Å². The molecule has 1 aromatic carbocycles. The van der Waals surface area contributed by atoms with E-state index in [1.165, 1.54) is 12.8 Å². The molecular formula is C24H23FN8. The normalized spacial score (nSPS) is 14.0. The number of H-pyrrole nitrogens is 1. The summed E-state index contributed by atoms with van der Waals surface area (Å²) in [7, 11) is 0. The smallest absolute Gasteiger partial charge is 0.182 e. The maximum Gasteiger partial charge on any atom is 0.182 e. The van der Waals surface area contributed by atoms with Gasteiger partial charge in [0.25, 0.3) is 0 Å². The summed E-state index contributed by atoms with van der Waals surface area (Å²) in [6.07, 6.45) is 7.91. The number of nitrogens with zero attached hydrogens (tertiary/aromatic N) is 7. The van der Waals surface area contributed by atoms with Crippen LogP contribution in [0, 0.1) is 12.7 Å². The van der Waals surface area contributed by atoms with Crippen LogP contribution in [0.3, 0.4) is 0 Å². The molecule has 0 unspecified atom stereocenters. The van der Waals surface area contributed by atoms with Crippen molar-refractivity contribution in [3.8, 4) is 28.6 Å². The minimum atomic E-state index is -0.336. The Hall–Kier alpha value is -3.88. The third-order valence-corrected chi connectivity index (χ3v) is 6.12. The zero-order valence-corrected chi connectivity index (χ0v) is 18.6. The molecular weight excluding hydrogens is 419 g/mol. The Bertz CT molecular complexity index is 1490. The van der Waals surface area contributed by atoms with Crippen molar-refractivity contribution in [1.29, 1.82) is 0 Å². The molecule has 1 saturated carbocycles. The summed E-state index contributed by atoms with van der Waals surface area (Å²) in [5.41, 5.74) is 5.10. The summed E-state index contributed by atoms with van der Waals surface area (Å²) >= 11 is 0. The third kappa shape index (κ3) is 3.40. The van der Waals surface area contributed by atoms with E-state index < -0.39 is 0 Å². The number of imidazole rings is 2. The minimum Gasteiger partial charge on any atom is -0.323 e. The maximum absolute atomic E-state index is 15.0. The highest BCUT2D eigenvalue weighted by Gasteiger charge is 2.26. The van der Waals surface area contributed by atoms with Crippen LogP contribution in [0.15, 0.2) is 43.1 Å². The van der Waals surface area contributed by atoms with Gasteiger partial charge >= 0.3 is 0 Å². The molecule has 0 bridgehead atoms. The van der Waals surface area contributed by atoms with Gasteiger partial charge in [-0.1, -0.05) is 0 Å². The Morgan fingerprint density at radius 2 is 1.97 bits per heavy atom. The standard InChI is InChI=1S/C24H23FN8/c1-13(2)33-12-27-31-24(33)19-7-6-18-23(29-19)30-22(28-18)16-9-21(14(3)8-17(16)25)32-10-20(26-11-32)15-4-5-15/h6-13,15H,4-5H2,1-3H3,(H,28,29,30). The predicted molar refractivity (Wildman–Crippen MR) is 123 cm³/mol. The highest BCUT2D eigenvalue weighted by Crippen LogP contribution is 2.39. The lowest BCUT2D eigenvalue weighted by Crippen LogP contribution is -2.02. The van der Waals surface area contributed by atoms with Crippen LogP contribution in [0.2, 0.25) is 0 Å². The number of halogens is 1. The Morgan fingerprint density at radius 1 is 1.12 bits per heavy atom. The van der Waals surface area contributed by atoms with Crippen molar-refractivity contribution in [2.75, 3.05) is 0 Å². The van der Waals surface area contributed by atoms with Gasteiger partial charge in [0.15, 0.2) is 11.5 Å². The molecule has 1 aliphatic rings. The fraction of sp³-hybridized carbons (Fsp3) is 0.292. The number of nitrogens with one attached hydrogen (secondary N) is 1. The van der Waals surface area contributed by atoms with Crippen molar-refractivity contribution >= 4 is 11.2 Å². The first kappa shape index (κ1) is 19.8. The van der Waals surface area contributed by atoms with Gasteiger partial charge in [0.05, 0.1) is 23.3 Å². The molecule has 0 spiro atoms. The molecule has 1 N–H and O–H groups in total. The van der Waals surface area contributed by atoms with Gasteiger partial charge in [-0.2, -0.15) is 0 Å². The number of hydrogen-bond acceptors (Lipinski definition) is 5. The molecule has 6 rings (SSSR count). The van der Waals surface area contributed by atoms with E-state index >= 15 is 4.39 Å². The minimum absolute atomic E-state index is 0.202.